The van der Waals surface area contributed by atoms with Crippen LogP contribution in [-0.4, -0.2) is 18.5 Å². The predicted octanol–water partition coefficient (Wildman–Crippen LogP) is 2.36. The van der Waals surface area contributed by atoms with Crippen LogP contribution in [0.1, 0.15) is 11.1 Å². The lowest BCUT2D eigenvalue weighted by molar-refractivity contribution is -0.275. The number of rotatable bonds is 3. The van der Waals surface area contributed by atoms with Gasteiger partial charge in [-0.15, -0.1) is 13.2 Å². The van der Waals surface area contributed by atoms with E-state index in [-0.39, 0.29) is 17.9 Å². The van der Waals surface area contributed by atoms with Crippen LogP contribution in [0.2, 0.25) is 0 Å². The summed E-state index contributed by atoms with van der Waals surface area (Å²) in [5.74, 6) is -0.304. The van der Waals surface area contributed by atoms with E-state index >= 15 is 0 Å². The minimum absolute atomic E-state index is 0.122. The van der Waals surface area contributed by atoms with Crippen molar-refractivity contribution in [2.75, 3.05) is 7.11 Å². The second kappa shape index (κ2) is 4.91. The van der Waals surface area contributed by atoms with Crippen molar-refractivity contribution in [3.05, 3.63) is 17.3 Å². The third kappa shape index (κ3) is 3.24. The molecule has 0 radical (unpaired) electrons. The molecule has 0 spiro atoms. The highest BCUT2D eigenvalue weighted by Crippen LogP contribution is 2.31. The molecule has 17 heavy (non-hydrogen) atoms. The number of methoxy groups -OCH3 is 1. The third-order valence-corrected chi connectivity index (χ3v) is 2.04. The van der Waals surface area contributed by atoms with Gasteiger partial charge >= 0.3 is 6.36 Å². The van der Waals surface area contributed by atoms with Gasteiger partial charge in [0.05, 0.1) is 25.8 Å². The predicted molar refractivity (Wildman–Crippen MR) is 51.5 cm³/mol. The Kier molecular flexibility index (Phi) is 3.78. The molecule has 0 atom stereocenters. The van der Waals surface area contributed by atoms with Gasteiger partial charge in [-0.25, -0.2) is 4.98 Å². The number of hydrogen-bond acceptors (Lipinski definition) is 4. The summed E-state index contributed by atoms with van der Waals surface area (Å²) in [5, 5.41) is 8.58. The number of aromatic nitrogens is 1. The normalized spacial score (nSPS) is 10.8. The zero-order valence-corrected chi connectivity index (χ0v) is 9.13. The number of nitriles is 1. The smallest absolute Gasteiger partial charge is 0.481 e. The van der Waals surface area contributed by atoms with Gasteiger partial charge in [-0.05, 0) is 6.92 Å². The zero-order chi connectivity index (χ0) is 13.1. The van der Waals surface area contributed by atoms with Gasteiger partial charge in [0.1, 0.15) is 0 Å². The van der Waals surface area contributed by atoms with Gasteiger partial charge in [0.25, 0.3) is 0 Å². The second-order valence-corrected chi connectivity index (χ2v) is 3.12. The third-order valence-electron chi connectivity index (χ3n) is 2.04. The van der Waals surface area contributed by atoms with E-state index in [0.717, 1.165) is 6.20 Å². The summed E-state index contributed by atoms with van der Waals surface area (Å²) in [4.78, 5) is 3.67. The Hall–Kier alpha value is -1.97. The molecule has 0 aliphatic rings. The van der Waals surface area contributed by atoms with Crippen molar-refractivity contribution in [3.63, 3.8) is 0 Å². The first-order chi connectivity index (χ1) is 7.89. The van der Waals surface area contributed by atoms with E-state index in [4.69, 9.17) is 10.00 Å². The first-order valence-electron chi connectivity index (χ1n) is 4.54. The van der Waals surface area contributed by atoms with Crippen molar-refractivity contribution in [1.82, 2.24) is 4.98 Å². The fourth-order valence-electron chi connectivity index (χ4n) is 1.32. The molecule has 1 aromatic rings. The summed E-state index contributed by atoms with van der Waals surface area (Å²) in [6, 6.07) is 1.77. The van der Waals surface area contributed by atoms with Crippen molar-refractivity contribution < 1.29 is 22.6 Å². The summed E-state index contributed by atoms with van der Waals surface area (Å²) < 4.78 is 45.0. The molecule has 0 saturated heterocycles. The fraction of sp³-hybridized carbons (Fsp3) is 0.400. The van der Waals surface area contributed by atoms with Crippen molar-refractivity contribution in [2.45, 2.75) is 19.7 Å². The largest absolute Gasteiger partial charge is 0.573 e. The standard InChI is InChI=1S/C10H9F3N2O2/c1-6-7(3-4-14)8(17-10(11,12)13)5-15-9(6)16-2/h5H,3H2,1-2H3. The molecular formula is C10H9F3N2O2. The zero-order valence-electron chi connectivity index (χ0n) is 9.13. The maximum atomic E-state index is 12.1. The van der Waals surface area contributed by atoms with E-state index in [0.29, 0.717) is 5.56 Å². The molecule has 1 heterocycles. The van der Waals surface area contributed by atoms with Gasteiger partial charge in [-0.2, -0.15) is 5.26 Å². The molecule has 0 N–H and O–H groups in total. The monoisotopic (exact) mass is 246 g/mol. The highest BCUT2D eigenvalue weighted by Gasteiger charge is 2.32. The average molecular weight is 246 g/mol. The number of halogens is 3. The van der Waals surface area contributed by atoms with Crippen molar-refractivity contribution in [2.24, 2.45) is 0 Å². The Morgan fingerprint density at radius 3 is 2.59 bits per heavy atom. The van der Waals surface area contributed by atoms with Crippen LogP contribution in [0.15, 0.2) is 6.20 Å². The lowest BCUT2D eigenvalue weighted by atomic mass is 10.1. The van der Waals surface area contributed by atoms with E-state index in [1.807, 2.05) is 0 Å². The summed E-state index contributed by atoms with van der Waals surface area (Å²) in [6.45, 7) is 1.52. The van der Waals surface area contributed by atoms with Crippen LogP contribution >= 0.6 is 0 Å². The molecule has 1 aromatic heterocycles. The van der Waals surface area contributed by atoms with Crippen LogP contribution in [0.5, 0.6) is 11.6 Å². The van der Waals surface area contributed by atoms with Gasteiger partial charge in [0.2, 0.25) is 5.88 Å². The van der Waals surface area contributed by atoms with Gasteiger partial charge in [0.15, 0.2) is 5.75 Å². The van der Waals surface area contributed by atoms with Gasteiger partial charge in [-0.1, -0.05) is 0 Å². The molecular weight excluding hydrogens is 237 g/mol. The lowest BCUT2D eigenvalue weighted by Gasteiger charge is -2.14. The van der Waals surface area contributed by atoms with E-state index < -0.39 is 12.1 Å². The summed E-state index contributed by atoms with van der Waals surface area (Å²) in [5.41, 5.74) is 0.479. The Balaban J connectivity index is 3.22. The molecule has 0 saturated carbocycles. The van der Waals surface area contributed by atoms with Gasteiger partial charge in [-0.3, -0.25) is 0 Å². The number of nitrogens with zero attached hydrogens (tertiary/aromatic N) is 2. The quantitative estimate of drug-likeness (QED) is 0.821. The first kappa shape index (κ1) is 13.1. The Morgan fingerprint density at radius 2 is 2.12 bits per heavy atom. The number of pyridine rings is 1. The minimum Gasteiger partial charge on any atom is -0.481 e. The first-order valence-corrected chi connectivity index (χ1v) is 4.54. The van der Waals surface area contributed by atoms with E-state index in [1.165, 1.54) is 14.0 Å². The van der Waals surface area contributed by atoms with Crippen molar-refractivity contribution in [3.8, 4) is 17.7 Å². The van der Waals surface area contributed by atoms with Crippen LogP contribution in [0, 0.1) is 18.3 Å². The van der Waals surface area contributed by atoms with Crippen molar-refractivity contribution in [1.29, 1.82) is 5.26 Å². The maximum Gasteiger partial charge on any atom is 0.573 e. The van der Waals surface area contributed by atoms with E-state index in [1.54, 1.807) is 6.07 Å². The molecule has 0 aliphatic carbocycles. The average Bonchev–Trinajstić information content (AvgIpc) is 2.22. The number of alkyl halides is 3. The highest BCUT2D eigenvalue weighted by molar-refractivity contribution is 5.44. The number of ether oxygens (including phenoxy) is 2. The van der Waals surface area contributed by atoms with Crippen LogP contribution in [0.3, 0.4) is 0 Å². The van der Waals surface area contributed by atoms with Gasteiger partial charge in [0, 0.05) is 11.1 Å². The van der Waals surface area contributed by atoms with E-state index in [2.05, 4.69) is 9.72 Å². The topological polar surface area (TPSA) is 55.1 Å². The van der Waals surface area contributed by atoms with Crippen LogP contribution in [-0.2, 0) is 6.42 Å². The van der Waals surface area contributed by atoms with Crippen molar-refractivity contribution >= 4 is 0 Å². The molecule has 0 amide bonds. The SMILES string of the molecule is COc1ncc(OC(F)(F)F)c(CC#N)c1C. The van der Waals surface area contributed by atoms with Crippen LogP contribution < -0.4 is 9.47 Å². The molecule has 0 aliphatic heterocycles. The lowest BCUT2D eigenvalue weighted by Crippen LogP contribution is -2.18. The highest BCUT2D eigenvalue weighted by atomic mass is 19.4. The molecule has 0 fully saturated rings. The molecule has 0 unspecified atom stereocenters. The Morgan fingerprint density at radius 1 is 1.47 bits per heavy atom. The van der Waals surface area contributed by atoms with Gasteiger partial charge < -0.3 is 9.47 Å². The maximum absolute atomic E-state index is 12.1. The summed E-state index contributed by atoms with van der Waals surface area (Å²) in [7, 11) is 1.34. The molecule has 4 nitrogen and oxygen atoms in total. The molecule has 7 heteroatoms. The summed E-state index contributed by atoms with van der Waals surface area (Å²) in [6.07, 6.45) is -4.13. The fourth-order valence-corrected chi connectivity index (χ4v) is 1.32. The molecule has 0 aromatic carbocycles. The van der Waals surface area contributed by atoms with Crippen LogP contribution in [0.4, 0.5) is 13.2 Å². The molecule has 92 valence electrons. The summed E-state index contributed by atoms with van der Waals surface area (Å²) >= 11 is 0. The van der Waals surface area contributed by atoms with Crippen LogP contribution in [0.25, 0.3) is 0 Å². The Labute approximate surface area is 95.6 Å². The second-order valence-electron chi connectivity index (χ2n) is 3.12. The molecule has 0 bridgehead atoms. The number of hydrogen-bond donors (Lipinski definition) is 0. The minimum atomic E-state index is -4.81. The molecule has 1 rings (SSSR count). The Bertz CT molecular complexity index is 452. The van der Waals surface area contributed by atoms with E-state index in [9.17, 15) is 13.2 Å².